The summed E-state index contributed by atoms with van der Waals surface area (Å²) in [5.41, 5.74) is 1.66. The van der Waals surface area contributed by atoms with Crippen molar-refractivity contribution in [1.29, 1.82) is 0 Å². The van der Waals surface area contributed by atoms with E-state index in [4.69, 9.17) is 5.11 Å². The van der Waals surface area contributed by atoms with Crippen LogP contribution in [0.5, 0.6) is 5.75 Å². The molecule has 0 aliphatic carbocycles. The quantitative estimate of drug-likeness (QED) is 0.737. The van der Waals surface area contributed by atoms with Crippen LogP contribution in [0.2, 0.25) is 0 Å². The minimum absolute atomic E-state index is 0.105. The maximum Gasteiger partial charge on any atom is 0.334 e. The van der Waals surface area contributed by atoms with E-state index in [2.05, 4.69) is 4.98 Å². The van der Waals surface area contributed by atoms with Crippen LogP contribution in [0.15, 0.2) is 16.9 Å². The summed E-state index contributed by atoms with van der Waals surface area (Å²) in [6.45, 7) is 13.6. The number of H-pyrrole nitrogens is 1. The Morgan fingerprint density at radius 3 is 1.96 bits per heavy atom. The van der Waals surface area contributed by atoms with Crippen LogP contribution >= 0.6 is 11.3 Å². The number of aromatic hydroxyl groups is 1. The van der Waals surface area contributed by atoms with Gasteiger partial charge in [0, 0.05) is 11.1 Å². The standard InChI is InChI=1S/C21H27NO4S/c1-11(19(25)26)18-22-17(24)15(27-18)10-12-8-13(20(2,3)4)16(23)14(9-12)21(5,6)7/h8-10,23H,1-7H3,(H,22,24)(H,25,26)/b15-10-,18-11-. The molecule has 0 unspecified atom stereocenters. The second-order valence-corrected chi connectivity index (χ2v) is 9.84. The van der Waals surface area contributed by atoms with Crippen molar-refractivity contribution in [1.82, 2.24) is 4.98 Å². The van der Waals surface area contributed by atoms with Crippen LogP contribution in [0, 0.1) is 0 Å². The normalized spacial score (nSPS) is 14.4. The number of phenols is 1. The third-order valence-electron chi connectivity index (χ3n) is 4.37. The number of hydrogen-bond donors (Lipinski definition) is 3. The summed E-state index contributed by atoms with van der Waals surface area (Å²) in [7, 11) is 0. The van der Waals surface area contributed by atoms with E-state index in [-0.39, 0.29) is 27.7 Å². The van der Waals surface area contributed by atoms with Gasteiger partial charge in [0.1, 0.15) is 10.4 Å². The average Bonchev–Trinajstić information content (AvgIpc) is 2.86. The molecule has 0 fully saturated rings. The van der Waals surface area contributed by atoms with E-state index in [0.717, 1.165) is 28.0 Å². The van der Waals surface area contributed by atoms with Crippen LogP contribution in [0.25, 0.3) is 11.6 Å². The van der Waals surface area contributed by atoms with Gasteiger partial charge in [0.05, 0.1) is 10.1 Å². The molecule has 1 aromatic heterocycles. The number of benzene rings is 1. The number of carboxylic acid groups (broad SMARTS) is 1. The molecule has 0 aliphatic heterocycles. The molecule has 0 atom stereocenters. The van der Waals surface area contributed by atoms with Gasteiger partial charge in [-0.15, -0.1) is 11.3 Å². The van der Waals surface area contributed by atoms with E-state index >= 15 is 0 Å². The summed E-state index contributed by atoms with van der Waals surface area (Å²) in [6, 6.07) is 3.77. The molecule has 1 aromatic carbocycles. The Morgan fingerprint density at radius 2 is 1.56 bits per heavy atom. The van der Waals surface area contributed by atoms with Crippen LogP contribution in [0.4, 0.5) is 0 Å². The number of aliphatic carboxylic acids is 1. The molecule has 27 heavy (non-hydrogen) atoms. The largest absolute Gasteiger partial charge is 0.507 e. The van der Waals surface area contributed by atoms with Crippen molar-refractivity contribution in [3.8, 4) is 5.75 Å². The minimum Gasteiger partial charge on any atom is -0.507 e. The molecule has 0 aliphatic rings. The molecule has 0 bridgehead atoms. The summed E-state index contributed by atoms with van der Waals surface area (Å²) in [5.74, 6) is -0.781. The molecule has 146 valence electrons. The van der Waals surface area contributed by atoms with Gasteiger partial charge in [-0.05, 0) is 41.5 Å². The molecular weight excluding hydrogens is 362 g/mol. The highest BCUT2D eigenvalue weighted by Gasteiger charge is 2.26. The van der Waals surface area contributed by atoms with Crippen LogP contribution in [-0.4, -0.2) is 21.2 Å². The molecule has 6 heteroatoms. The maximum absolute atomic E-state index is 12.3. The number of nitrogens with one attached hydrogen (secondary N) is 1. The predicted molar refractivity (Wildman–Crippen MR) is 110 cm³/mol. The van der Waals surface area contributed by atoms with Gasteiger partial charge in [0.2, 0.25) is 0 Å². The second kappa shape index (κ2) is 7.00. The number of carboxylic acids is 1. The fraction of sp³-hybridized carbons (Fsp3) is 0.429. The van der Waals surface area contributed by atoms with Crippen molar-refractivity contribution >= 4 is 29.0 Å². The van der Waals surface area contributed by atoms with Crippen LogP contribution in [0.1, 0.15) is 65.2 Å². The number of rotatable bonds is 2. The molecular formula is C21H27NO4S. The van der Waals surface area contributed by atoms with E-state index in [0.29, 0.717) is 9.20 Å². The van der Waals surface area contributed by atoms with Gasteiger partial charge in [-0.2, -0.15) is 0 Å². The van der Waals surface area contributed by atoms with Crippen LogP contribution < -0.4 is 14.8 Å². The van der Waals surface area contributed by atoms with Gasteiger partial charge in [0.25, 0.3) is 5.56 Å². The first-order valence-corrected chi connectivity index (χ1v) is 9.56. The van der Waals surface area contributed by atoms with Crippen molar-refractivity contribution in [2.75, 3.05) is 0 Å². The Labute approximate surface area is 162 Å². The monoisotopic (exact) mass is 389 g/mol. The average molecular weight is 390 g/mol. The third kappa shape index (κ3) is 4.50. The fourth-order valence-electron chi connectivity index (χ4n) is 2.74. The molecule has 0 saturated heterocycles. The summed E-state index contributed by atoms with van der Waals surface area (Å²) >= 11 is 1.12. The molecule has 0 amide bonds. The van der Waals surface area contributed by atoms with E-state index in [9.17, 15) is 14.7 Å². The lowest BCUT2D eigenvalue weighted by atomic mass is 9.78. The molecule has 0 radical (unpaired) electrons. The molecule has 5 nitrogen and oxygen atoms in total. The number of phenolic OH excluding ortho intramolecular Hbond substituents is 1. The molecule has 2 aromatic rings. The van der Waals surface area contributed by atoms with Gasteiger partial charge >= 0.3 is 5.97 Å². The highest BCUT2D eigenvalue weighted by atomic mass is 32.1. The first-order valence-electron chi connectivity index (χ1n) is 8.75. The zero-order valence-corrected chi connectivity index (χ0v) is 17.7. The number of aromatic amines is 1. The lowest BCUT2D eigenvalue weighted by molar-refractivity contribution is -0.130. The lowest BCUT2D eigenvalue weighted by Crippen LogP contribution is -2.21. The van der Waals surface area contributed by atoms with Crippen molar-refractivity contribution in [3.05, 3.63) is 48.4 Å². The molecule has 1 heterocycles. The summed E-state index contributed by atoms with van der Waals surface area (Å²) in [4.78, 5) is 26.0. The van der Waals surface area contributed by atoms with E-state index < -0.39 is 5.97 Å². The van der Waals surface area contributed by atoms with Gasteiger partial charge in [-0.25, -0.2) is 4.79 Å². The maximum atomic E-state index is 12.3. The zero-order chi connectivity index (χ0) is 20.7. The molecule has 0 saturated carbocycles. The zero-order valence-electron chi connectivity index (χ0n) is 16.9. The Balaban J connectivity index is 2.82. The summed E-state index contributed by atoms with van der Waals surface area (Å²) in [5, 5.41) is 19.9. The molecule has 0 spiro atoms. The molecule has 3 N–H and O–H groups in total. The Hall–Kier alpha value is -2.34. The highest BCUT2D eigenvalue weighted by molar-refractivity contribution is 7.07. The van der Waals surface area contributed by atoms with Crippen LogP contribution in [0.3, 0.4) is 0 Å². The van der Waals surface area contributed by atoms with Crippen LogP contribution in [-0.2, 0) is 15.6 Å². The SMILES string of the molecule is C/C(C(=O)O)=c1\[nH]c(=O)/c(=C/c2cc(C(C)(C)C)c(O)c(C(C)(C)C)c2)s1. The first-order chi connectivity index (χ1) is 12.2. The fourth-order valence-corrected chi connectivity index (χ4v) is 3.69. The summed E-state index contributed by atoms with van der Waals surface area (Å²) < 4.78 is 0.764. The molecule has 2 rings (SSSR count). The number of aromatic nitrogens is 1. The number of carbonyl (C=O) groups is 1. The number of thiazole rings is 1. The highest BCUT2D eigenvalue weighted by Crippen LogP contribution is 2.39. The van der Waals surface area contributed by atoms with E-state index in [1.54, 1.807) is 6.08 Å². The van der Waals surface area contributed by atoms with Gasteiger partial charge in [-0.1, -0.05) is 41.5 Å². The first kappa shape index (κ1) is 21.0. The van der Waals surface area contributed by atoms with Crippen molar-refractivity contribution in [2.45, 2.75) is 59.3 Å². The third-order valence-corrected chi connectivity index (χ3v) is 5.51. The van der Waals surface area contributed by atoms with E-state index in [1.165, 1.54) is 6.92 Å². The topological polar surface area (TPSA) is 90.4 Å². The second-order valence-electron chi connectivity index (χ2n) is 8.79. The Kier molecular flexibility index (Phi) is 5.44. The lowest BCUT2D eigenvalue weighted by Gasteiger charge is -2.27. The van der Waals surface area contributed by atoms with Crippen molar-refractivity contribution < 1.29 is 15.0 Å². The minimum atomic E-state index is -1.06. The summed E-state index contributed by atoms with van der Waals surface area (Å²) in [6.07, 6.45) is 1.74. The van der Waals surface area contributed by atoms with Crippen molar-refractivity contribution in [3.63, 3.8) is 0 Å². The van der Waals surface area contributed by atoms with Gasteiger partial charge < -0.3 is 15.2 Å². The van der Waals surface area contributed by atoms with E-state index in [1.807, 2.05) is 53.7 Å². The Morgan fingerprint density at radius 1 is 1.07 bits per heavy atom. The Bertz CT molecular complexity index is 1020. The van der Waals surface area contributed by atoms with Gasteiger partial charge in [-0.3, -0.25) is 4.79 Å². The van der Waals surface area contributed by atoms with Gasteiger partial charge in [0.15, 0.2) is 0 Å². The number of hydrogen-bond acceptors (Lipinski definition) is 4. The predicted octanol–water partition coefficient (Wildman–Crippen LogP) is 2.82. The van der Waals surface area contributed by atoms with Crippen molar-refractivity contribution in [2.24, 2.45) is 0 Å². The smallest absolute Gasteiger partial charge is 0.334 e.